The summed E-state index contributed by atoms with van der Waals surface area (Å²) in [6, 6.07) is 39.2. The maximum Gasteiger partial charge on any atom is 0.420 e. The Bertz CT molecular complexity index is 2560. The Morgan fingerprint density at radius 1 is 0.565 bits per heavy atom. The van der Waals surface area contributed by atoms with Gasteiger partial charge < -0.3 is 9.13 Å². The molecule has 8 aromatic rings. The maximum absolute atomic E-state index is 16.0. The zero-order valence-corrected chi connectivity index (χ0v) is 25.0. The van der Waals surface area contributed by atoms with Crippen molar-refractivity contribution in [3.63, 3.8) is 0 Å². The lowest BCUT2D eigenvalue weighted by atomic mass is 9.96. The van der Waals surface area contributed by atoms with Gasteiger partial charge in [-0.05, 0) is 74.0 Å². The third-order valence-corrected chi connectivity index (χ3v) is 8.86. The molecule has 0 amide bonds. The topological polar surface area (TPSA) is 33.6 Å². The third-order valence-electron chi connectivity index (χ3n) is 8.86. The van der Waals surface area contributed by atoms with Gasteiger partial charge in [0.1, 0.15) is 5.56 Å². The summed E-state index contributed by atoms with van der Waals surface area (Å²) < 4.78 is 51.4. The molecular weight excluding hydrogens is 579 g/mol. The van der Waals surface area contributed by atoms with E-state index in [2.05, 4.69) is 6.07 Å². The predicted molar refractivity (Wildman–Crippen MR) is 180 cm³/mol. The largest absolute Gasteiger partial charge is 0.420 e. The lowest BCUT2D eigenvalue weighted by molar-refractivity contribution is -0.137. The Labute approximate surface area is 263 Å². The van der Waals surface area contributed by atoms with Crippen molar-refractivity contribution in [1.82, 2.24) is 9.13 Å². The van der Waals surface area contributed by atoms with Gasteiger partial charge in [-0.25, -0.2) is 0 Å². The maximum atomic E-state index is 16.0. The molecule has 3 nitrogen and oxygen atoms in total. The van der Waals surface area contributed by atoms with E-state index in [1.807, 2.05) is 98.8 Å². The second kappa shape index (κ2) is 10.1. The summed E-state index contributed by atoms with van der Waals surface area (Å²) in [5.74, 6) is 0. The molecule has 0 aliphatic heterocycles. The molecule has 222 valence electrons. The van der Waals surface area contributed by atoms with Crippen LogP contribution in [0.4, 0.5) is 13.2 Å². The Morgan fingerprint density at radius 2 is 1.13 bits per heavy atom. The number of hydrogen-bond donors (Lipinski definition) is 0. The minimum atomic E-state index is -4.75. The fourth-order valence-electron chi connectivity index (χ4n) is 6.94. The van der Waals surface area contributed by atoms with E-state index in [4.69, 9.17) is 0 Å². The Morgan fingerprint density at radius 3 is 1.74 bits per heavy atom. The van der Waals surface area contributed by atoms with Gasteiger partial charge in [-0.3, -0.25) is 0 Å². The quantitative estimate of drug-likeness (QED) is 0.197. The average Bonchev–Trinajstić information content (AvgIpc) is 3.55. The van der Waals surface area contributed by atoms with Gasteiger partial charge in [-0.1, -0.05) is 77.9 Å². The minimum absolute atomic E-state index is 0.0215. The van der Waals surface area contributed by atoms with Crippen LogP contribution < -0.4 is 0 Å². The lowest BCUT2D eigenvalue weighted by Crippen LogP contribution is -2.16. The highest BCUT2D eigenvalue weighted by Gasteiger charge is 2.40. The van der Waals surface area contributed by atoms with E-state index in [-0.39, 0.29) is 11.4 Å². The molecule has 0 spiro atoms. The van der Waals surface area contributed by atoms with Gasteiger partial charge in [-0.2, -0.15) is 18.4 Å². The van der Waals surface area contributed by atoms with Gasteiger partial charge in [-0.15, -0.1) is 0 Å². The zero-order valence-electron chi connectivity index (χ0n) is 25.0. The summed E-state index contributed by atoms with van der Waals surface area (Å²) in [5.41, 5.74) is 5.36. The fraction of sp³-hybridized carbons (Fsp3) is 0.0750. The highest BCUT2D eigenvalue weighted by Crippen LogP contribution is 2.47. The summed E-state index contributed by atoms with van der Waals surface area (Å²) in [7, 11) is 0. The van der Waals surface area contributed by atoms with Gasteiger partial charge in [0.15, 0.2) is 0 Å². The number of alkyl halides is 3. The van der Waals surface area contributed by atoms with Gasteiger partial charge in [0.2, 0.25) is 0 Å². The second-order valence-corrected chi connectivity index (χ2v) is 11.8. The number of nitrogens with zero attached hydrogens (tertiary/aromatic N) is 3. The van der Waals surface area contributed by atoms with Crippen LogP contribution in [0.25, 0.3) is 66.1 Å². The summed E-state index contributed by atoms with van der Waals surface area (Å²) in [4.78, 5) is 0. The van der Waals surface area contributed by atoms with Crippen LogP contribution in [0.1, 0.15) is 22.3 Å². The molecule has 0 aliphatic rings. The number of fused-ring (bicyclic) bond motifs is 6. The summed E-state index contributed by atoms with van der Waals surface area (Å²) in [5, 5.41) is 13.2. The molecule has 46 heavy (non-hydrogen) atoms. The average molecular weight is 606 g/mol. The first kappa shape index (κ1) is 27.7. The van der Waals surface area contributed by atoms with Crippen LogP contribution in [0, 0.1) is 25.2 Å². The van der Waals surface area contributed by atoms with Crippen molar-refractivity contribution in [2.24, 2.45) is 0 Å². The number of benzene rings is 6. The van der Waals surface area contributed by atoms with E-state index in [1.165, 1.54) is 0 Å². The smallest absolute Gasteiger partial charge is 0.309 e. The van der Waals surface area contributed by atoms with E-state index in [0.29, 0.717) is 38.8 Å². The molecule has 0 saturated carbocycles. The fourth-order valence-corrected chi connectivity index (χ4v) is 6.94. The van der Waals surface area contributed by atoms with Gasteiger partial charge >= 0.3 is 6.18 Å². The lowest BCUT2D eigenvalue weighted by Gasteiger charge is -2.24. The van der Waals surface area contributed by atoms with Crippen molar-refractivity contribution >= 4 is 43.6 Å². The number of para-hydroxylation sites is 2. The molecule has 0 atom stereocenters. The van der Waals surface area contributed by atoms with E-state index in [9.17, 15) is 5.26 Å². The van der Waals surface area contributed by atoms with Crippen molar-refractivity contribution < 1.29 is 13.2 Å². The van der Waals surface area contributed by atoms with Crippen LogP contribution in [-0.2, 0) is 6.18 Å². The number of nitriles is 1. The molecule has 8 rings (SSSR count). The summed E-state index contributed by atoms with van der Waals surface area (Å²) in [6.07, 6.45) is -4.75. The molecule has 2 aromatic heterocycles. The minimum Gasteiger partial charge on any atom is -0.309 e. The van der Waals surface area contributed by atoms with Crippen LogP contribution in [0.3, 0.4) is 0 Å². The third kappa shape index (κ3) is 4.13. The Hall–Kier alpha value is -5.80. The van der Waals surface area contributed by atoms with E-state index in [1.54, 1.807) is 45.5 Å². The summed E-state index contributed by atoms with van der Waals surface area (Å²) >= 11 is 0. The first-order valence-corrected chi connectivity index (χ1v) is 15.0. The van der Waals surface area contributed by atoms with Gasteiger partial charge in [0, 0.05) is 27.1 Å². The molecule has 0 radical (unpaired) electrons. The van der Waals surface area contributed by atoms with Crippen LogP contribution >= 0.6 is 0 Å². The Kier molecular flexibility index (Phi) is 6.10. The molecule has 0 aliphatic carbocycles. The van der Waals surface area contributed by atoms with Crippen LogP contribution in [0.5, 0.6) is 0 Å². The zero-order chi connectivity index (χ0) is 31.7. The van der Waals surface area contributed by atoms with Crippen LogP contribution in [0.15, 0.2) is 121 Å². The van der Waals surface area contributed by atoms with Crippen molar-refractivity contribution in [2.45, 2.75) is 20.0 Å². The molecule has 0 saturated heterocycles. The van der Waals surface area contributed by atoms with E-state index >= 15 is 13.2 Å². The number of hydrogen-bond acceptors (Lipinski definition) is 1. The van der Waals surface area contributed by atoms with E-state index < -0.39 is 11.7 Å². The standard InChI is InChI=1S/C40H26F3N3/c1-24-14-17-35-31(20-24)29-10-3-5-12-33(29)45(35)37-19-16-28(27-9-7-8-26(22-27)23-44)39(38(37)40(41,42)43)46-34-13-6-4-11-30(34)32-21-25(2)15-18-36(32)46/h3-22H,1-2H3. The Balaban J connectivity index is 1.61. The van der Waals surface area contributed by atoms with Gasteiger partial charge in [0.05, 0.1) is 45.1 Å². The molecule has 2 heterocycles. The van der Waals surface area contributed by atoms with Crippen molar-refractivity contribution in [2.75, 3.05) is 0 Å². The summed E-state index contributed by atoms with van der Waals surface area (Å²) in [6.45, 7) is 3.97. The molecule has 0 N–H and O–H groups in total. The number of halogens is 3. The highest BCUT2D eigenvalue weighted by atomic mass is 19.4. The molecule has 0 fully saturated rings. The van der Waals surface area contributed by atoms with Crippen molar-refractivity contribution in [3.8, 4) is 28.6 Å². The predicted octanol–water partition coefficient (Wildman–Crippen LogP) is 11.1. The number of rotatable bonds is 3. The molecular formula is C40H26F3N3. The van der Waals surface area contributed by atoms with Crippen molar-refractivity contribution in [1.29, 1.82) is 5.26 Å². The first-order chi connectivity index (χ1) is 22.2. The van der Waals surface area contributed by atoms with E-state index in [0.717, 1.165) is 32.7 Å². The monoisotopic (exact) mass is 605 g/mol. The molecule has 6 heteroatoms. The number of aromatic nitrogens is 2. The SMILES string of the molecule is Cc1ccc2c(c1)c1ccccc1n2-c1ccc(-c2cccc(C#N)c2)c(-n2c3ccccc3c3cc(C)ccc32)c1C(F)(F)F. The molecule has 6 aromatic carbocycles. The van der Waals surface area contributed by atoms with Gasteiger partial charge in [0.25, 0.3) is 0 Å². The van der Waals surface area contributed by atoms with Crippen LogP contribution in [0.2, 0.25) is 0 Å². The molecule has 0 unspecified atom stereocenters. The number of aryl methyl sites for hydroxylation is 2. The normalized spacial score (nSPS) is 12.0. The van der Waals surface area contributed by atoms with Crippen LogP contribution in [-0.4, -0.2) is 9.13 Å². The molecule has 0 bridgehead atoms. The first-order valence-electron chi connectivity index (χ1n) is 15.0. The second-order valence-electron chi connectivity index (χ2n) is 11.8. The highest BCUT2D eigenvalue weighted by molar-refractivity contribution is 6.11. The van der Waals surface area contributed by atoms with Crippen molar-refractivity contribution in [3.05, 3.63) is 144 Å².